The van der Waals surface area contributed by atoms with Gasteiger partial charge in [0.05, 0.1) is 64.1 Å². The van der Waals surface area contributed by atoms with Crippen LogP contribution in [0.3, 0.4) is 0 Å². The summed E-state index contributed by atoms with van der Waals surface area (Å²) in [5, 5.41) is 13.0. The van der Waals surface area contributed by atoms with Crippen molar-refractivity contribution in [2.24, 2.45) is 5.92 Å². The fourth-order valence-electron chi connectivity index (χ4n) is 5.93. The van der Waals surface area contributed by atoms with Gasteiger partial charge in [-0.05, 0) is 42.3 Å². The lowest BCUT2D eigenvalue weighted by Gasteiger charge is -2.32. The molecule has 0 aliphatic carbocycles. The Morgan fingerprint density at radius 3 is 2.39 bits per heavy atom. The predicted molar refractivity (Wildman–Crippen MR) is 170 cm³/mol. The van der Waals surface area contributed by atoms with E-state index in [4.69, 9.17) is 38.0 Å². The van der Waals surface area contributed by atoms with Gasteiger partial charge in [0.25, 0.3) is 0 Å². The number of aliphatic carboxylic acids is 1. The number of piperidine rings is 1. The van der Waals surface area contributed by atoms with E-state index in [-0.39, 0.29) is 12.3 Å². The van der Waals surface area contributed by atoms with Crippen molar-refractivity contribution in [3.63, 3.8) is 0 Å². The molecule has 234 valence electrons. The monoisotopic (exact) mass is 642 g/mol. The molecule has 2 aliphatic rings. The highest BCUT2D eigenvalue weighted by Crippen LogP contribution is 2.30. The zero-order valence-electron chi connectivity index (χ0n) is 25.0. The molecular formula is C32H40Cl2N6O4+2. The number of halogens is 2. The number of carbonyl (C=O) groups excluding carboxylic acids is 1. The van der Waals surface area contributed by atoms with Crippen LogP contribution in [0.5, 0.6) is 11.6 Å². The average molecular weight is 644 g/mol. The fraction of sp³-hybridized carbons (Fsp3) is 0.438. The molecule has 2 aliphatic heterocycles. The molecule has 0 bridgehead atoms. The third-order valence-corrected chi connectivity index (χ3v) is 8.79. The minimum atomic E-state index is -0.748. The summed E-state index contributed by atoms with van der Waals surface area (Å²) >= 11 is 12.7. The van der Waals surface area contributed by atoms with E-state index in [1.54, 1.807) is 19.2 Å². The summed E-state index contributed by atoms with van der Waals surface area (Å²) in [5.41, 5.74) is 2.65. The van der Waals surface area contributed by atoms with Crippen LogP contribution in [-0.4, -0.2) is 79.3 Å². The molecule has 10 nitrogen and oxygen atoms in total. The number of amides is 1. The summed E-state index contributed by atoms with van der Waals surface area (Å²) in [7, 11) is 0. The molecule has 5 rings (SSSR count). The first-order chi connectivity index (χ1) is 21.2. The van der Waals surface area contributed by atoms with E-state index in [1.807, 2.05) is 30.3 Å². The Balaban J connectivity index is 1.27. The lowest BCUT2D eigenvalue weighted by atomic mass is 9.96. The topological polar surface area (TPSA) is 114 Å². The van der Waals surface area contributed by atoms with Crippen LogP contribution in [0.25, 0.3) is 11.3 Å². The second-order valence-corrected chi connectivity index (χ2v) is 12.6. The molecule has 0 saturated carbocycles. The van der Waals surface area contributed by atoms with Gasteiger partial charge in [0.2, 0.25) is 11.8 Å². The highest BCUT2D eigenvalue weighted by molar-refractivity contribution is 6.35. The van der Waals surface area contributed by atoms with Gasteiger partial charge in [0.1, 0.15) is 18.1 Å². The second kappa shape index (κ2) is 15.0. The van der Waals surface area contributed by atoms with Crippen LogP contribution < -0.4 is 24.8 Å². The molecule has 0 unspecified atom stereocenters. The zero-order chi connectivity index (χ0) is 31.1. The number of benzene rings is 1. The van der Waals surface area contributed by atoms with Crippen molar-refractivity contribution in [1.82, 2.24) is 15.3 Å². The Hall–Kier alpha value is -3.44. The van der Waals surface area contributed by atoms with Gasteiger partial charge < -0.3 is 29.9 Å². The molecule has 44 heavy (non-hydrogen) atoms. The summed E-state index contributed by atoms with van der Waals surface area (Å²) in [4.78, 5) is 36.7. The van der Waals surface area contributed by atoms with Crippen molar-refractivity contribution in [3.05, 3.63) is 64.3 Å². The smallest absolute Gasteiger partial charge is 0.309 e. The van der Waals surface area contributed by atoms with E-state index in [0.717, 1.165) is 87.8 Å². The van der Waals surface area contributed by atoms with Gasteiger partial charge >= 0.3 is 5.97 Å². The summed E-state index contributed by atoms with van der Waals surface area (Å²) in [6, 6.07) is 13.3. The Bertz CT molecular complexity index is 1420. The number of anilines is 1. The Kier molecular flexibility index (Phi) is 10.9. The maximum absolute atomic E-state index is 11.3. The molecule has 0 spiro atoms. The van der Waals surface area contributed by atoms with Crippen LogP contribution in [0.2, 0.25) is 10.0 Å². The first kappa shape index (κ1) is 32.0. The van der Waals surface area contributed by atoms with E-state index < -0.39 is 5.97 Å². The molecule has 2 saturated heterocycles. The number of nitrogens with zero attached hydrogens (tertiary/aromatic N) is 3. The van der Waals surface area contributed by atoms with Gasteiger partial charge in [-0.2, -0.15) is 0 Å². The average Bonchev–Trinajstić information content (AvgIpc) is 3.00. The van der Waals surface area contributed by atoms with E-state index in [2.05, 4.69) is 21.3 Å². The Morgan fingerprint density at radius 2 is 1.75 bits per heavy atom. The number of piperazine rings is 1. The van der Waals surface area contributed by atoms with Crippen LogP contribution in [0.1, 0.15) is 31.7 Å². The van der Waals surface area contributed by atoms with E-state index in [0.29, 0.717) is 34.1 Å². The minimum absolute atomic E-state index is 0.0243. The van der Waals surface area contributed by atoms with Gasteiger partial charge in [0.15, 0.2) is 0 Å². The van der Waals surface area contributed by atoms with Crippen molar-refractivity contribution in [2.75, 3.05) is 57.3 Å². The summed E-state index contributed by atoms with van der Waals surface area (Å²) < 4.78 is 6.25. The summed E-state index contributed by atoms with van der Waals surface area (Å²) in [6.07, 6.45) is 4.05. The third-order valence-electron chi connectivity index (χ3n) is 8.36. The first-order valence-electron chi connectivity index (χ1n) is 15.2. The number of carboxylic acids is 1. The van der Waals surface area contributed by atoms with Gasteiger partial charge in [-0.3, -0.25) is 9.59 Å². The SMILES string of the molecule is CC(=O)NCC1CC[NH+](Cc2cc(Oc3ccc(N4CC[NH+](CCC(=O)O)CC4)nc3)nc(-c3cc(Cl)cc(Cl)c3)c2)CC1. The highest BCUT2D eigenvalue weighted by atomic mass is 35.5. The number of nitrogens with one attached hydrogen (secondary N) is 3. The molecule has 2 fully saturated rings. The van der Waals surface area contributed by atoms with Crippen LogP contribution in [-0.2, 0) is 16.1 Å². The lowest BCUT2D eigenvalue weighted by molar-refractivity contribution is -0.919. The zero-order valence-corrected chi connectivity index (χ0v) is 26.5. The lowest BCUT2D eigenvalue weighted by Crippen LogP contribution is -3.15. The fourth-order valence-corrected chi connectivity index (χ4v) is 6.46. The minimum Gasteiger partial charge on any atom is -0.481 e. The Labute approximate surface area is 267 Å². The number of rotatable bonds is 11. The van der Waals surface area contributed by atoms with Crippen LogP contribution in [0, 0.1) is 5.92 Å². The molecule has 0 radical (unpaired) electrons. The van der Waals surface area contributed by atoms with Gasteiger partial charge in [0, 0.05) is 53.5 Å². The first-order valence-corrected chi connectivity index (χ1v) is 16.0. The number of carbonyl (C=O) groups is 2. The van der Waals surface area contributed by atoms with Crippen molar-refractivity contribution < 1.29 is 29.2 Å². The number of pyridine rings is 2. The molecule has 4 heterocycles. The van der Waals surface area contributed by atoms with E-state index in [9.17, 15) is 9.59 Å². The van der Waals surface area contributed by atoms with Gasteiger partial charge in [-0.1, -0.05) is 23.2 Å². The van der Waals surface area contributed by atoms with Crippen LogP contribution in [0.15, 0.2) is 48.7 Å². The standard InChI is InChI=1S/C32H38Cl2N6O4/c1-22(41)35-19-23-4-7-39(8-5-23)21-24-14-29(25-16-26(33)18-27(34)17-25)37-31(15-24)44-28-2-3-30(36-20-28)40-12-10-38(11-13-40)9-6-32(42)43/h2-3,14-18,20,23H,4-13,19,21H2,1H3,(H,35,41)(H,42,43)/p+2. The van der Waals surface area contributed by atoms with Gasteiger partial charge in [-0.25, -0.2) is 9.97 Å². The molecule has 2 aromatic heterocycles. The highest BCUT2D eigenvalue weighted by Gasteiger charge is 2.24. The van der Waals surface area contributed by atoms with E-state index >= 15 is 0 Å². The van der Waals surface area contributed by atoms with Crippen LogP contribution >= 0.6 is 23.2 Å². The predicted octanol–water partition coefficient (Wildman–Crippen LogP) is 2.35. The molecule has 0 atom stereocenters. The number of ether oxygens (including phenoxy) is 1. The van der Waals surface area contributed by atoms with Gasteiger partial charge in [-0.15, -0.1) is 0 Å². The number of carboxylic acid groups (broad SMARTS) is 1. The number of hydrogen-bond donors (Lipinski definition) is 4. The molecule has 4 N–H and O–H groups in total. The third kappa shape index (κ3) is 9.28. The number of hydrogen-bond acceptors (Lipinski definition) is 6. The molecule has 12 heteroatoms. The van der Waals surface area contributed by atoms with Crippen molar-refractivity contribution in [3.8, 4) is 22.9 Å². The van der Waals surface area contributed by atoms with Crippen LogP contribution in [0.4, 0.5) is 5.82 Å². The largest absolute Gasteiger partial charge is 0.481 e. The summed E-state index contributed by atoms with van der Waals surface area (Å²) in [5.74, 6) is 1.72. The number of quaternary nitrogens is 2. The molecule has 3 aromatic rings. The molecular weight excluding hydrogens is 603 g/mol. The second-order valence-electron chi connectivity index (χ2n) is 11.7. The maximum Gasteiger partial charge on any atom is 0.309 e. The molecule has 1 amide bonds. The van der Waals surface area contributed by atoms with Crippen molar-refractivity contribution in [2.45, 2.75) is 32.7 Å². The molecule has 1 aromatic carbocycles. The number of aromatic nitrogens is 2. The van der Waals surface area contributed by atoms with E-state index in [1.165, 1.54) is 9.80 Å². The summed E-state index contributed by atoms with van der Waals surface area (Å²) in [6.45, 7) is 9.26. The quantitative estimate of drug-likeness (QED) is 0.254. The van der Waals surface area contributed by atoms with Crippen molar-refractivity contribution in [1.29, 1.82) is 0 Å². The number of likely N-dealkylation sites (tertiary alicyclic amines) is 1. The van der Waals surface area contributed by atoms with Crippen molar-refractivity contribution >= 4 is 40.9 Å². The Morgan fingerprint density at radius 1 is 1.02 bits per heavy atom. The maximum atomic E-state index is 11.3. The normalized spacial score (nSPS) is 19.0.